The van der Waals surface area contributed by atoms with Gasteiger partial charge < -0.3 is 15.4 Å². The van der Waals surface area contributed by atoms with Gasteiger partial charge in [-0.05, 0) is 58.8 Å². The molecule has 6 nitrogen and oxygen atoms in total. The van der Waals surface area contributed by atoms with Crippen molar-refractivity contribution in [1.29, 1.82) is 0 Å². The minimum atomic E-state index is -1.01. The Balaban J connectivity index is 0.00000225. The molecule has 1 atom stereocenters. The third-order valence-corrected chi connectivity index (χ3v) is 4.22. The maximum Gasteiger partial charge on any atom is 0.320 e. The topological polar surface area (TPSA) is 102 Å². The van der Waals surface area contributed by atoms with Crippen molar-refractivity contribution in [1.82, 2.24) is 10.1 Å². The molecule has 0 aliphatic rings. The quantitative estimate of drug-likeness (QED) is 0.553. The van der Waals surface area contributed by atoms with Crippen LogP contribution in [0.5, 0.6) is 0 Å². The largest absolute Gasteiger partial charge is 0.480 e. The van der Waals surface area contributed by atoms with Crippen LogP contribution in [0.15, 0.2) is 53.1 Å². The Morgan fingerprint density at radius 3 is 2.32 bits per heavy atom. The van der Waals surface area contributed by atoms with Gasteiger partial charge >= 0.3 is 5.97 Å². The number of aliphatic carboxylic acids is 1. The number of halogens is 2. The van der Waals surface area contributed by atoms with E-state index in [1.54, 1.807) is 0 Å². The lowest BCUT2D eigenvalue weighted by atomic mass is 10.0. The normalized spacial score (nSPS) is 11.6. The van der Waals surface area contributed by atoms with Crippen LogP contribution in [0.1, 0.15) is 5.56 Å². The number of nitrogens with two attached hydrogens (primary N) is 1. The van der Waals surface area contributed by atoms with Crippen molar-refractivity contribution in [2.75, 3.05) is 0 Å². The Morgan fingerprint density at radius 1 is 1.12 bits per heavy atom. The van der Waals surface area contributed by atoms with E-state index in [-0.39, 0.29) is 18.8 Å². The van der Waals surface area contributed by atoms with E-state index in [2.05, 4.69) is 32.7 Å². The van der Waals surface area contributed by atoms with Crippen LogP contribution in [0.3, 0.4) is 0 Å². The second-order valence-electron chi connectivity index (χ2n) is 5.28. The number of carboxylic acid groups (broad SMARTS) is 1. The minimum absolute atomic E-state index is 0. The van der Waals surface area contributed by atoms with Gasteiger partial charge in [-0.25, -0.2) is 0 Å². The lowest BCUT2D eigenvalue weighted by Crippen LogP contribution is -2.32. The average molecular weight is 472 g/mol. The van der Waals surface area contributed by atoms with E-state index in [4.69, 9.17) is 15.4 Å². The molecule has 0 amide bonds. The van der Waals surface area contributed by atoms with Crippen LogP contribution in [0.2, 0.25) is 0 Å². The van der Waals surface area contributed by atoms with Gasteiger partial charge in [0.15, 0.2) is 0 Å². The van der Waals surface area contributed by atoms with Crippen LogP contribution >= 0.6 is 35.0 Å². The third-order valence-electron chi connectivity index (χ3n) is 3.50. The van der Waals surface area contributed by atoms with Crippen LogP contribution in [0.4, 0.5) is 0 Å². The number of hydrogen-bond acceptors (Lipinski definition) is 5. The summed E-state index contributed by atoms with van der Waals surface area (Å²) in [6, 6.07) is 14.2. The summed E-state index contributed by atoms with van der Waals surface area (Å²) >= 11 is 2.23. The molecule has 8 heteroatoms. The molecule has 0 saturated carbocycles. The summed E-state index contributed by atoms with van der Waals surface area (Å²) in [5.41, 5.74) is 8.03. The highest BCUT2D eigenvalue weighted by Crippen LogP contribution is 2.23. The highest BCUT2D eigenvalue weighted by molar-refractivity contribution is 14.1. The molecule has 0 spiro atoms. The van der Waals surface area contributed by atoms with Gasteiger partial charge in [0.25, 0.3) is 5.89 Å². The molecule has 1 heterocycles. The van der Waals surface area contributed by atoms with Gasteiger partial charge in [0.05, 0.1) is 0 Å². The van der Waals surface area contributed by atoms with Crippen LogP contribution < -0.4 is 5.73 Å². The Bertz CT molecular complexity index is 850. The van der Waals surface area contributed by atoms with E-state index in [0.717, 1.165) is 20.3 Å². The van der Waals surface area contributed by atoms with Gasteiger partial charge in [-0.3, -0.25) is 4.79 Å². The molecule has 0 saturated heterocycles. The van der Waals surface area contributed by atoms with Crippen molar-refractivity contribution in [2.24, 2.45) is 5.73 Å². The Morgan fingerprint density at radius 2 is 1.72 bits per heavy atom. The molecule has 3 aromatic rings. The zero-order chi connectivity index (χ0) is 17.1. The van der Waals surface area contributed by atoms with Crippen molar-refractivity contribution >= 4 is 41.0 Å². The lowest BCUT2D eigenvalue weighted by molar-refractivity contribution is -0.138. The molecular weight excluding hydrogens is 457 g/mol. The van der Waals surface area contributed by atoms with Crippen molar-refractivity contribution < 1.29 is 14.4 Å². The van der Waals surface area contributed by atoms with Crippen molar-refractivity contribution in [3.05, 3.63) is 57.7 Å². The van der Waals surface area contributed by atoms with Gasteiger partial charge in [-0.1, -0.05) is 29.4 Å². The summed E-state index contributed by atoms with van der Waals surface area (Å²) in [7, 11) is 0. The number of benzene rings is 2. The molecule has 0 aliphatic carbocycles. The summed E-state index contributed by atoms with van der Waals surface area (Å²) in [5.74, 6) is -0.0737. The van der Waals surface area contributed by atoms with Crippen LogP contribution in [0, 0.1) is 3.57 Å². The van der Waals surface area contributed by atoms with E-state index < -0.39 is 12.0 Å². The molecule has 25 heavy (non-hydrogen) atoms. The summed E-state index contributed by atoms with van der Waals surface area (Å²) in [4.78, 5) is 15.2. The predicted octanol–water partition coefficient (Wildman–Crippen LogP) is 3.38. The van der Waals surface area contributed by atoms with Crippen LogP contribution in [-0.4, -0.2) is 27.3 Å². The van der Waals surface area contributed by atoms with E-state index in [0.29, 0.717) is 11.7 Å². The fourth-order valence-corrected chi connectivity index (χ4v) is 2.54. The van der Waals surface area contributed by atoms with Crippen molar-refractivity contribution in [3.8, 4) is 22.8 Å². The number of aromatic nitrogens is 2. The molecule has 0 aliphatic heterocycles. The van der Waals surface area contributed by atoms with E-state index in [1.165, 1.54) is 0 Å². The molecule has 0 bridgehead atoms. The first-order valence-corrected chi connectivity index (χ1v) is 8.28. The van der Waals surface area contributed by atoms with Crippen molar-refractivity contribution in [3.63, 3.8) is 0 Å². The number of carbonyl (C=O) groups is 1. The molecule has 130 valence electrons. The van der Waals surface area contributed by atoms with Crippen LogP contribution in [-0.2, 0) is 11.2 Å². The fraction of sp³-hybridized carbons (Fsp3) is 0.118. The lowest BCUT2D eigenvalue weighted by Gasteiger charge is -2.06. The maximum absolute atomic E-state index is 10.8. The zero-order valence-electron chi connectivity index (χ0n) is 12.9. The second kappa shape index (κ2) is 8.41. The van der Waals surface area contributed by atoms with Gasteiger partial charge in [-0.2, -0.15) is 4.98 Å². The van der Waals surface area contributed by atoms with Gasteiger partial charge in [0, 0.05) is 14.7 Å². The Labute approximate surface area is 164 Å². The Kier molecular flexibility index (Phi) is 6.51. The predicted molar refractivity (Wildman–Crippen MR) is 104 cm³/mol. The minimum Gasteiger partial charge on any atom is -0.480 e. The molecule has 0 fully saturated rings. The fourth-order valence-electron chi connectivity index (χ4n) is 2.18. The number of rotatable bonds is 5. The Hall–Kier alpha value is -1.97. The first kappa shape index (κ1) is 19.4. The first-order chi connectivity index (χ1) is 11.5. The molecule has 2 aromatic carbocycles. The monoisotopic (exact) mass is 471 g/mol. The summed E-state index contributed by atoms with van der Waals surface area (Å²) < 4.78 is 6.44. The van der Waals surface area contributed by atoms with E-state index >= 15 is 0 Å². The molecule has 1 aromatic heterocycles. The van der Waals surface area contributed by atoms with E-state index in [9.17, 15) is 4.79 Å². The summed E-state index contributed by atoms with van der Waals surface area (Å²) in [6.07, 6.45) is 0.274. The van der Waals surface area contributed by atoms with Gasteiger partial charge in [-0.15, -0.1) is 12.4 Å². The van der Waals surface area contributed by atoms with Crippen LogP contribution in [0.25, 0.3) is 22.8 Å². The van der Waals surface area contributed by atoms with Crippen molar-refractivity contribution in [2.45, 2.75) is 12.5 Å². The second-order valence-corrected chi connectivity index (χ2v) is 6.52. The molecule has 3 rings (SSSR count). The van der Waals surface area contributed by atoms with E-state index in [1.807, 2.05) is 48.5 Å². The molecule has 0 unspecified atom stereocenters. The van der Waals surface area contributed by atoms with Gasteiger partial charge in [0.1, 0.15) is 6.04 Å². The first-order valence-electron chi connectivity index (χ1n) is 7.20. The number of hydrogen-bond donors (Lipinski definition) is 2. The smallest absolute Gasteiger partial charge is 0.320 e. The molecule has 0 radical (unpaired) electrons. The number of nitrogens with zero attached hydrogens (tertiary/aromatic N) is 2. The highest BCUT2D eigenvalue weighted by Gasteiger charge is 2.13. The number of carboxylic acids is 1. The third kappa shape index (κ3) is 4.77. The SMILES string of the molecule is Cl.N[C@@H](Cc1ccc(-c2noc(-c3ccc(I)cc3)n2)cc1)C(=O)O. The standard InChI is InChI=1S/C17H14IN3O3.ClH/c18-13-7-5-12(6-8-13)16-20-15(21-24-16)11-3-1-10(2-4-11)9-14(19)17(22)23;/h1-8,14H,9,19H2,(H,22,23);1H/t14-;/m0./s1. The van der Waals surface area contributed by atoms with Gasteiger partial charge in [0.2, 0.25) is 5.82 Å². The molecular formula is C17H15ClIN3O3. The maximum atomic E-state index is 10.8. The summed E-state index contributed by atoms with van der Waals surface area (Å²) in [6.45, 7) is 0. The average Bonchev–Trinajstić information content (AvgIpc) is 3.06. The zero-order valence-corrected chi connectivity index (χ0v) is 15.9. The highest BCUT2D eigenvalue weighted by atomic mass is 127. The summed E-state index contributed by atoms with van der Waals surface area (Å²) in [5, 5.41) is 12.8. The molecule has 3 N–H and O–H groups in total.